The van der Waals surface area contributed by atoms with Crippen LogP contribution < -0.4 is 0 Å². The standard InChI is InChI=1S/C14H15F12NO/c1-4-9(2,3)8(28)27-5-6(27)10(17,18)12(21,22)14(25,26)13(23,24)11(19,20)7(15)16/h6-7H,4-5H2,1-3H3. The SMILES string of the molecule is CCC(C)(C)C(=O)N1CC1C(F)(F)C(F)(F)C(F)(F)C(F)(F)C(F)(F)C(F)F. The molecule has 1 atom stereocenters. The van der Waals surface area contributed by atoms with E-state index in [2.05, 4.69) is 0 Å². The summed E-state index contributed by atoms with van der Waals surface area (Å²) in [5.41, 5.74) is -1.39. The minimum absolute atomic E-state index is 0.00309. The zero-order chi connectivity index (χ0) is 22.7. The minimum Gasteiger partial charge on any atom is -0.329 e. The summed E-state index contributed by atoms with van der Waals surface area (Å²) >= 11 is 0. The highest BCUT2D eigenvalue weighted by atomic mass is 19.4. The molecule has 1 aliphatic heterocycles. The molecular weight excluding hydrogens is 426 g/mol. The maximum atomic E-state index is 13.9. The molecule has 1 heterocycles. The Morgan fingerprint density at radius 1 is 0.893 bits per heavy atom. The first-order chi connectivity index (χ1) is 12.1. The molecule has 0 aliphatic carbocycles. The molecule has 166 valence electrons. The lowest BCUT2D eigenvalue weighted by Crippen LogP contribution is -2.69. The van der Waals surface area contributed by atoms with E-state index in [1.807, 2.05) is 0 Å². The molecular formula is C14H15F12NO. The van der Waals surface area contributed by atoms with E-state index in [9.17, 15) is 57.5 Å². The van der Waals surface area contributed by atoms with Gasteiger partial charge >= 0.3 is 36.0 Å². The van der Waals surface area contributed by atoms with Gasteiger partial charge < -0.3 is 4.90 Å². The second-order valence-corrected chi connectivity index (χ2v) is 6.98. The first-order valence-electron chi connectivity index (χ1n) is 7.62. The average Bonchev–Trinajstić information content (AvgIpc) is 3.34. The Balaban J connectivity index is 3.29. The van der Waals surface area contributed by atoms with Gasteiger partial charge in [-0.3, -0.25) is 4.79 Å². The third-order valence-corrected chi connectivity index (χ3v) is 4.65. The maximum absolute atomic E-state index is 13.9. The second kappa shape index (κ2) is 6.57. The summed E-state index contributed by atoms with van der Waals surface area (Å²) in [5.74, 6) is -36.6. The first kappa shape index (κ1) is 24.7. The largest absolute Gasteiger partial charge is 0.384 e. The molecule has 14 heteroatoms. The number of hydrogen-bond donors (Lipinski definition) is 0. The van der Waals surface area contributed by atoms with Gasteiger partial charge in [0.05, 0.1) is 0 Å². The summed E-state index contributed by atoms with van der Waals surface area (Å²) in [6, 6.07) is -3.00. The minimum atomic E-state index is -7.57. The van der Waals surface area contributed by atoms with Crippen LogP contribution in [0.4, 0.5) is 52.7 Å². The summed E-state index contributed by atoms with van der Waals surface area (Å²) in [5, 5.41) is 0. The predicted molar refractivity (Wildman–Crippen MR) is 70.3 cm³/mol. The number of halogens is 12. The molecule has 1 saturated heterocycles. The Hall–Kier alpha value is -1.37. The fraction of sp³-hybridized carbons (Fsp3) is 0.929. The fourth-order valence-corrected chi connectivity index (χ4v) is 2.18. The van der Waals surface area contributed by atoms with Crippen molar-refractivity contribution in [1.29, 1.82) is 0 Å². The van der Waals surface area contributed by atoms with Gasteiger partial charge in [0.1, 0.15) is 6.04 Å². The molecule has 1 rings (SSSR count). The lowest BCUT2D eigenvalue weighted by Gasteiger charge is -2.39. The van der Waals surface area contributed by atoms with E-state index < -0.39 is 59.9 Å². The zero-order valence-corrected chi connectivity index (χ0v) is 14.5. The van der Waals surface area contributed by atoms with E-state index in [1.54, 1.807) is 0 Å². The van der Waals surface area contributed by atoms with E-state index in [0.717, 1.165) is 0 Å². The highest BCUT2D eigenvalue weighted by Crippen LogP contribution is 2.60. The van der Waals surface area contributed by atoms with Crippen molar-refractivity contribution in [2.75, 3.05) is 6.54 Å². The molecule has 1 unspecified atom stereocenters. The first-order valence-corrected chi connectivity index (χ1v) is 7.62. The fourth-order valence-electron chi connectivity index (χ4n) is 2.18. The van der Waals surface area contributed by atoms with Gasteiger partial charge in [-0.15, -0.1) is 0 Å². The molecule has 2 nitrogen and oxygen atoms in total. The second-order valence-electron chi connectivity index (χ2n) is 6.98. The van der Waals surface area contributed by atoms with Gasteiger partial charge in [0.15, 0.2) is 0 Å². The van der Waals surface area contributed by atoms with Crippen molar-refractivity contribution in [3.63, 3.8) is 0 Å². The van der Waals surface area contributed by atoms with Crippen LogP contribution in [0.5, 0.6) is 0 Å². The summed E-state index contributed by atoms with van der Waals surface area (Å²) in [7, 11) is 0. The Labute approximate surface area is 150 Å². The van der Waals surface area contributed by atoms with Gasteiger partial charge in [0, 0.05) is 12.0 Å². The number of amides is 1. The molecule has 0 saturated carbocycles. The van der Waals surface area contributed by atoms with Crippen molar-refractivity contribution in [2.45, 2.75) is 69.3 Å². The lowest BCUT2D eigenvalue weighted by molar-refractivity contribution is -0.413. The van der Waals surface area contributed by atoms with Crippen molar-refractivity contribution < 1.29 is 57.5 Å². The van der Waals surface area contributed by atoms with Crippen LogP contribution in [0.15, 0.2) is 0 Å². The molecule has 0 aromatic heterocycles. The van der Waals surface area contributed by atoms with Gasteiger partial charge in [-0.05, 0) is 6.42 Å². The van der Waals surface area contributed by atoms with Crippen LogP contribution in [0.25, 0.3) is 0 Å². The van der Waals surface area contributed by atoms with Crippen molar-refractivity contribution in [2.24, 2.45) is 5.41 Å². The summed E-state index contributed by atoms with van der Waals surface area (Å²) in [6.07, 6.45) is -5.53. The van der Waals surface area contributed by atoms with Crippen molar-refractivity contribution in [3.05, 3.63) is 0 Å². The van der Waals surface area contributed by atoms with Crippen LogP contribution in [-0.2, 0) is 4.79 Å². The molecule has 1 amide bonds. The van der Waals surface area contributed by atoms with Crippen LogP contribution in [0.2, 0.25) is 0 Å². The molecule has 0 N–H and O–H groups in total. The molecule has 0 aromatic rings. The summed E-state index contributed by atoms with van der Waals surface area (Å²) < 4.78 is 158. The van der Waals surface area contributed by atoms with E-state index >= 15 is 0 Å². The molecule has 1 aliphatic rings. The molecule has 1 fully saturated rings. The predicted octanol–water partition coefficient (Wildman–Crippen LogP) is 5.08. The van der Waals surface area contributed by atoms with E-state index in [-0.39, 0.29) is 11.3 Å². The lowest BCUT2D eigenvalue weighted by atomic mass is 9.89. The van der Waals surface area contributed by atoms with Crippen molar-refractivity contribution in [3.8, 4) is 0 Å². The quantitative estimate of drug-likeness (QED) is 0.380. The third-order valence-electron chi connectivity index (χ3n) is 4.65. The van der Waals surface area contributed by atoms with Gasteiger partial charge in [-0.2, -0.15) is 43.9 Å². The van der Waals surface area contributed by atoms with Crippen LogP contribution in [0.1, 0.15) is 27.2 Å². The molecule has 0 aromatic carbocycles. The molecule has 0 spiro atoms. The van der Waals surface area contributed by atoms with Crippen molar-refractivity contribution in [1.82, 2.24) is 4.90 Å². The molecule has 28 heavy (non-hydrogen) atoms. The van der Waals surface area contributed by atoms with Crippen LogP contribution in [-0.4, -0.2) is 59.4 Å². The van der Waals surface area contributed by atoms with Gasteiger partial charge in [-0.25, -0.2) is 8.78 Å². The van der Waals surface area contributed by atoms with E-state index in [1.165, 1.54) is 20.8 Å². The average molecular weight is 441 g/mol. The van der Waals surface area contributed by atoms with Gasteiger partial charge in [0.25, 0.3) is 0 Å². The summed E-state index contributed by atoms with van der Waals surface area (Å²) in [4.78, 5) is 11.9. The maximum Gasteiger partial charge on any atom is 0.384 e. The van der Waals surface area contributed by atoms with E-state index in [0.29, 0.717) is 0 Å². The smallest absolute Gasteiger partial charge is 0.329 e. The highest BCUT2D eigenvalue weighted by molar-refractivity contribution is 5.84. The number of nitrogens with zero attached hydrogens (tertiary/aromatic N) is 1. The summed E-state index contributed by atoms with van der Waals surface area (Å²) in [6.45, 7) is 2.57. The number of alkyl halides is 12. The van der Waals surface area contributed by atoms with E-state index in [4.69, 9.17) is 0 Å². The van der Waals surface area contributed by atoms with Crippen LogP contribution >= 0.6 is 0 Å². The zero-order valence-electron chi connectivity index (χ0n) is 14.5. The van der Waals surface area contributed by atoms with Crippen molar-refractivity contribution >= 4 is 5.91 Å². The number of carbonyl (C=O) groups is 1. The topological polar surface area (TPSA) is 20.1 Å². The number of hydrogen-bond acceptors (Lipinski definition) is 1. The highest BCUT2D eigenvalue weighted by Gasteiger charge is 2.89. The number of rotatable bonds is 8. The Morgan fingerprint density at radius 3 is 1.68 bits per heavy atom. The monoisotopic (exact) mass is 441 g/mol. The Kier molecular flexibility index (Phi) is 5.79. The Morgan fingerprint density at radius 2 is 1.32 bits per heavy atom. The van der Waals surface area contributed by atoms with Gasteiger partial charge in [0.2, 0.25) is 5.91 Å². The molecule has 0 bridgehead atoms. The van der Waals surface area contributed by atoms with Crippen LogP contribution in [0, 0.1) is 5.41 Å². The van der Waals surface area contributed by atoms with Gasteiger partial charge in [-0.1, -0.05) is 20.8 Å². The Bertz CT molecular complexity index is 615. The normalized spacial score (nSPS) is 20.0. The molecule has 0 radical (unpaired) electrons. The third kappa shape index (κ3) is 3.19. The van der Waals surface area contributed by atoms with Crippen LogP contribution in [0.3, 0.4) is 0 Å². The number of carbonyl (C=O) groups excluding carboxylic acids is 1.